The molecule has 0 aliphatic rings. The zero-order valence-electron chi connectivity index (χ0n) is 10.9. The molecule has 0 N–H and O–H groups in total. The minimum Gasteiger partial charge on any atom is -0.403 e. The third-order valence-electron chi connectivity index (χ3n) is 3.19. The standard InChI is InChI=1S/C14H18BN2/c1-11-5-7-16(9-13(11)3)15-17-8-6-12(2)14(4)10-17/h5-10H,1-4H3/q+1. The summed E-state index contributed by atoms with van der Waals surface area (Å²) in [6.07, 6.45) is 8.42. The average Bonchev–Trinajstić information content (AvgIpc) is 2.29. The van der Waals surface area contributed by atoms with E-state index in [9.17, 15) is 0 Å². The van der Waals surface area contributed by atoms with Crippen molar-refractivity contribution in [1.29, 1.82) is 0 Å². The first-order valence-corrected chi connectivity index (χ1v) is 5.87. The predicted molar refractivity (Wildman–Crippen MR) is 68.8 cm³/mol. The summed E-state index contributed by atoms with van der Waals surface area (Å²) in [5.74, 6) is 0. The molecule has 17 heavy (non-hydrogen) atoms. The molecule has 3 heteroatoms. The Morgan fingerprint density at radius 3 is 1.47 bits per heavy atom. The Hall–Kier alpha value is -1.64. The predicted octanol–water partition coefficient (Wildman–Crippen LogP) is 1.43. The lowest BCUT2D eigenvalue weighted by Gasteiger charge is -2.07. The molecule has 0 amide bonds. The fourth-order valence-electron chi connectivity index (χ4n) is 1.69. The van der Waals surface area contributed by atoms with E-state index in [2.05, 4.69) is 81.1 Å². The molecule has 86 valence electrons. The summed E-state index contributed by atoms with van der Waals surface area (Å²) in [7, 11) is 2.07. The molecule has 2 nitrogen and oxygen atoms in total. The summed E-state index contributed by atoms with van der Waals surface area (Å²) in [4.78, 5) is 0. The third-order valence-corrected chi connectivity index (χ3v) is 3.19. The average molecular weight is 225 g/mol. The molecular formula is C14H18BN2+. The largest absolute Gasteiger partial charge is 0.522 e. The molecule has 0 aliphatic heterocycles. The lowest BCUT2D eigenvalue weighted by Crippen LogP contribution is -2.58. The molecule has 0 unspecified atom stereocenters. The highest BCUT2D eigenvalue weighted by Crippen LogP contribution is 2.01. The van der Waals surface area contributed by atoms with Crippen molar-refractivity contribution in [3.8, 4) is 0 Å². The van der Waals surface area contributed by atoms with Gasteiger partial charge >= 0.3 is 7.55 Å². The molecular weight excluding hydrogens is 207 g/mol. The lowest BCUT2D eigenvalue weighted by molar-refractivity contribution is -0.660. The first kappa shape index (κ1) is 11.8. The van der Waals surface area contributed by atoms with Crippen LogP contribution in [0.3, 0.4) is 0 Å². The summed E-state index contributed by atoms with van der Waals surface area (Å²) in [6.45, 7) is 8.52. The van der Waals surface area contributed by atoms with Crippen LogP contribution in [0.2, 0.25) is 0 Å². The van der Waals surface area contributed by atoms with E-state index in [0.29, 0.717) is 0 Å². The zero-order valence-corrected chi connectivity index (χ0v) is 10.9. The molecule has 0 spiro atoms. The Balaban J connectivity index is 2.25. The van der Waals surface area contributed by atoms with Gasteiger partial charge in [-0.2, -0.15) is 0 Å². The topological polar surface area (TPSA) is 7.76 Å². The lowest BCUT2D eigenvalue weighted by atomic mass is 10.1. The number of nitrogens with zero attached hydrogens (tertiary/aromatic N) is 2. The molecule has 2 aromatic heterocycles. The van der Waals surface area contributed by atoms with Gasteiger partial charge in [-0.3, -0.25) is 0 Å². The van der Waals surface area contributed by atoms with E-state index in [1.807, 2.05) is 0 Å². The van der Waals surface area contributed by atoms with Crippen molar-refractivity contribution >= 4 is 7.55 Å². The van der Waals surface area contributed by atoms with Crippen molar-refractivity contribution in [2.45, 2.75) is 27.7 Å². The molecule has 0 saturated carbocycles. The van der Waals surface area contributed by atoms with Gasteiger partial charge in [0.1, 0.15) is 24.8 Å². The Morgan fingerprint density at radius 1 is 0.706 bits per heavy atom. The van der Waals surface area contributed by atoms with Crippen molar-refractivity contribution in [3.05, 3.63) is 59.2 Å². The smallest absolute Gasteiger partial charge is 0.403 e. The van der Waals surface area contributed by atoms with E-state index in [1.54, 1.807) is 0 Å². The van der Waals surface area contributed by atoms with E-state index >= 15 is 0 Å². The van der Waals surface area contributed by atoms with Gasteiger partial charge in [-0.25, -0.2) is 0 Å². The van der Waals surface area contributed by atoms with Crippen LogP contribution in [0.5, 0.6) is 0 Å². The fraction of sp³-hybridized carbons (Fsp3) is 0.286. The molecule has 2 heterocycles. The van der Waals surface area contributed by atoms with Crippen molar-refractivity contribution in [3.63, 3.8) is 0 Å². The second-order valence-electron chi connectivity index (χ2n) is 4.63. The van der Waals surface area contributed by atoms with Gasteiger partial charge in [0.25, 0.3) is 0 Å². The Bertz CT molecular complexity index is 500. The fourth-order valence-corrected chi connectivity index (χ4v) is 1.69. The monoisotopic (exact) mass is 225 g/mol. The van der Waals surface area contributed by atoms with E-state index in [0.717, 1.165) is 0 Å². The van der Waals surface area contributed by atoms with Crippen molar-refractivity contribution < 1.29 is 8.96 Å². The summed E-state index contributed by atoms with van der Waals surface area (Å²) in [6, 6.07) is 4.26. The molecule has 0 aliphatic carbocycles. The van der Waals surface area contributed by atoms with Gasteiger partial charge < -0.3 is 8.96 Å². The normalized spacial score (nSPS) is 10.6. The van der Waals surface area contributed by atoms with Crippen LogP contribution in [-0.4, -0.2) is 7.55 Å². The van der Waals surface area contributed by atoms with Crippen LogP contribution in [0.1, 0.15) is 22.3 Å². The van der Waals surface area contributed by atoms with Crippen molar-refractivity contribution in [1.82, 2.24) is 0 Å². The molecule has 0 saturated heterocycles. The molecule has 2 aromatic rings. The van der Waals surface area contributed by atoms with Gasteiger partial charge in [-0.05, 0) is 38.8 Å². The molecule has 2 rings (SSSR count). The summed E-state index contributed by atoms with van der Waals surface area (Å²) in [5, 5.41) is 0. The first-order valence-electron chi connectivity index (χ1n) is 5.87. The van der Waals surface area contributed by atoms with Gasteiger partial charge in [-0.15, -0.1) is 0 Å². The number of hydrogen-bond acceptors (Lipinski definition) is 0. The molecule has 2 radical (unpaired) electrons. The number of aryl methyl sites for hydroxylation is 4. The summed E-state index contributed by atoms with van der Waals surface area (Å²) in [5.41, 5.74) is 5.24. The van der Waals surface area contributed by atoms with Crippen LogP contribution in [0.15, 0.2) is 36.9 Å². The third kappa shape index (κ3) is 2.73. The second-order valence-corrected chi connectivity index (χ2v) is 4.63. The number of pyridine rings is 2. The van der Waals surface area contributed by atoms with Crippen LogP contribution in [0.4, 0.5) is 0 Å². The maximum atomic E-state index is 2.14. The van der Waals surface area contributed by atoms with Gasteiger partial charge in [0.15, 0.2) is 0 Å². The maximum Gasteiger partial charge on any atom is 0.522 e. The van der Waals surface area contributed by atoms with Crippen LogP contribution in [0.25, 0.3) is 0 Å². The Kier molecular flexibility index (Phi) is 3.27. The highest BCUT2D eigenvalue weighted by Gasteiger charge is 2.05. The van der Waals surface area contributed by atoms with Crippen LogP contribution in [-0.2, 0) is 0 Å². The summed E-state index contributed by atoms with van der Waals surface area (Å²) >= 11 is 0. The highest BCUT2D eigenvalue weighted by atomic mass is 15.0. The summed E-state index contributed by atoms with van der Waals surface area (Å²) < 4.78 is 4.16. The minimum atomic E-state index is 1.30. The van der Waals surface area contributed by atoms with Gasteiger partial charge in [-0.1, -0.05) is 0 Å². The molecule has 0 bridgehead atoms. The van der Waals surface area contributed by atoms with Gasteiger partial charge in [0.05, 0.1) is 0 Å². The molecule has 0 atom stereocenters. The molecule has 0 fully saturated rings. The van der Waals surface area contributed by atoms with Crippen LogP contribution in [0, 0.1) is 27.7 Å². The van der Waals surface area contributed by atoms with Crippen molar-refractivity contribution in [2.24, 2.45) is 0 Å². The second kappa shape index (κ2) is 4.70. The highest BCUT2D eigenvalue weighted by molar-refractivity contribution is 6.11. The maximum absolute atomic E-state index is 2.14. The van der Waals surface area contributed by atoms with Crippen molar-refractivity contribution in [2.75, 3.05) is 0 Å². The SMILES string of the molecule is Cc1cc[n+]([B-][n+]2ccc(C)c(C)c2)cc1C. The first-order chi connectivity index (χ1) is 8.06. The Labute approximate surface area is 104 Å². The quantitative estimate of drug-likeness (QED) is 0.683. The Morgan fingerprint density at radius 2 is 1.12 bits per heavy atom. The minimum absolute atomic E-state index is 1.30. The van der Waals surface area contributed by atoms with Crippen LogP contribution >= 0.6 is 0 Å². The van der Waals surface area contributed by atoms with E-state index in [1.165, 1.54) is 22.3 Å². The number of aromatic nitrogens is 2. The number of hydrogen-bond donors (Lipinski definition) is 0. The molecule has 0 aromatic carbocycles. The number of rotatable bonds is 2. The zero-order chi connectivity index (χ0) is 12.4. The van der Waals surface area contributed by atoms with E-state index in [-0.39, 0.29) is 0 Å². The van der Waals surface area contributed by atoms with E-state index in [4.69, 9.17) is 0 Å². The van der Waals surface area contributed by atoms with E-state index < -0.39 is 0 Å². The van der Waals surface area contributed by atoms with Gasteiger partial charge in [0.2, 0.25) is 0 Å². The van der Waals surface area contributed by atoms with Gasteiger partial charge in [0, 0.05) is 23.3 Å². The van der Waals surface area contributed by atoms with Crippen LogP contribution < -0.4 is 8.96 Å².